The molecule has 29 heavy (non-hydrogen) atoms. The van der Waals surface area contributed by atoms with Gasteiger partial charge in [0.25, 0.3) is 0 Å². The number of nitrogens with zero attached hydrogens (tertiary/aromatic N) is 1. The van der Waals surface area contributed by atoms with Gasteiger partial charge in [-0.3, -0.25) is 4.90 Å². The van der Waals surface area contributed by atoms with Gasteiger partial charge in [-0.05, 0) is 56.1 Å². The van der Waals surface area contributed by atoms with Crippen LogP contribution in [-0.4, -0.2) is 52.7 Å². The van der Waals surface area contributed by atoms with Crippen molar-refractivity contribution in [3.63, 3.8) is 0 Å². The molecule has 1 aliphatic rings. The first kappa shape index (κ1) is 21.8. The second-order valence-corrected chi connectivity index (χ2v) is 8.95. The van der Waals surface area contributed by atoms with Gasteiger partial charge in [0.1, 0.15) is 5.75 Å². The third-order valence-corrected chi connectivity index (χ3v) is 6.48. The number of benzene rings is 2. The summed E-state index contributed by atoms with van der Waals surface area (Å²) in [6, 6.07) is 15.2. The molecule has 0 radical (unpaired) electrons. The third kappa shape index (κ3) is 6.02. The fourth-order valence-electron chi connectivity index (χ4n) is 3.47. The Morgan fingerprint density at radius 2 is 2.00 bits per heavy atom. The lowest BCUT2D eigenvalue weighted by Crippen LogP contribution is -2.39. The van der Waals surface area contributed by atoms with E-state index in [2.05, 4.69) is 21.8 Å². The molecule has 0 amide bonds. The molecule has 1 saturated heterocycles. The van der Waals surface area contributed by atoms with Gasteiger partial charge in [0.2, 0.25) is 10.0 Å². The summed E-state index contributed by atoms with van der Waals surface area (Å²) in [4.78, 5) is 2.60. The van der Waals surface area contributed by atoms with Gasteiger partial charge in [-0.2, -0.15) is 0 Å². The molecule has 7 heteroatoms. The molecular formula is C22H30N2O4S. The van der Waals surface area contributed by atoms with Crippen LogP contribution in [-0.2, 0) is 14.8 Å². The lowest BCUT2D eigenvalue weighted by atomic mass is 10.1. The quantitative estimate of drug-likeness (QED) is 0.634. The van der Waals surface area contributed by atoms with E-state index in [9.17, 15) is 8.42 Å². The standard InChI is InChI=1S/C22H30N2O4S/c1-3-27-21-11-10-20(16-18(21)2)29(25,26)23-12-7-13-24-14-15-28-22(17-24)19-8-5-4-6-9-19/h4-6,8-11,16,22-23H,3,7,12-15,17H2,1-2H3/t22-/m1/s1. The molecule has 0 aliphatic carbocycles. The highest BCUT2D eigenvalue weighted by Gasteiger charge is 2.21. The minimum Gasteiger partial charge on any atom is -0.494 e. The molecule has 1 aliphatic heterocycles. The zero-order valence-electron chi connectivity index (χ0n) is 17.1. The Morgan fingerprint density at radius 3 is 2.72 bits per heavy atom. The van der Waals surface area contributed by atoms with Gasteiger partial charge in [0, 0.05) is 19.6 Å². The molecule has 2 aromatic carbocycles. The van der Waals surface area contributed by atoms with Crippen LogP contribution >= 0.6 is 0 Å². The van der Waals surface area contributed by atoms with E-state index in [-0.39, 0.29) is 11.0 Å². The minimum atomic E-state index is -3.52. The maximum Gasteiger partial charge on any atom is 0.240 e. The number of nitrogens with one attached hydrogen (secondary N) is 1. The number of morpholine rings is 1. The van der Waals surface area contributed by atoms with Crippen molar-refractivity contribution in [3.8, 4) is 5.75 Å². The lowest BCUT2D eigenvalue weighted by Gasteiger charge is -2.33. The highest BCUT2D eigenvalue weighted by molar-refractivity contribution is 7.89. The summed E-state index contributed by atoms with van der Waals surface area (Å²) in [5.74, 6) is 0.715. The number of sulfonamides is 1. The molecule has 158 valence electrons. The Bertz CT molecular complexity index is 887. The maximum atomic E-state index is 12.6. The minimum absolute atomic E-state index is 0.0773. The average Bonchev–Trinajstić information content (AvgIpc) is 2.74. The van der Waals surface area contributed by atoms with Crippen molar-refractivity contribution >= 4 is 10.0 Å². The summed E-state index contributed by atoms with van der Waals surface area (Å²) in [5.41, 5.74) is 2.00. The Hall–Kier alpha value is -1.93. The van der Waals surface area contributed by atoms with Crippen LogP contribution in [0.2, 0.25) is 0 Å². The van der Waals surface area contributed by atoms with Gasteiger partial charge in [-0.1, -0.05) is 30.3 Å². The first-order chi connectivity index (χ1) is 14.0. The third-order valence-electron chi connectivity index (χ3n) is 5.02. The first-order valence-corrected chi connectivity index (χ1v) is 11.6. The van der Waals surface area contributed by atoms with Gasteiger partial charge < -0.3 is 9.47 Å². The Labute approximate surface area is 173 Å². The smallest absolute Gasteiger partial charge is 0.240 e. The molecule has 1 atom stereocenters. The van der Waals surface area contributed by atoms with Crippen LogP contribution in [0.15, 0.2) is 53.4 Å². The van der Waals surface area contributed by atoms with Crippen molar-refractivity contribution in [1.29, 1.82) is 0 Å². The summed E-state index contributed by atoms with van der Waals surface area (Å²) in [6.45, 7) is 7.94. The molecular weight excluding hydrogens is 388 g/mol. The van der Waals surface area contributed by atoms with E-state index >= 15 is 0 Å². The summed E-state index contributed by atoms with van der Waals surface area (Å²) < 4.78 is 39.2. The van der Waals surface area contributed by atoms with Crippen LogP contribution in [0.1, 0.15) is 30.6 Å². The van der Waals surface area contributed by atoms with Gasteiger partial charge in [-0.15, -0.1) is 0 Å². The molecule has 0 unspecified atom stereocenters. The number of ether oxygens (including phenoxy) is 2. The Kier molecular flexibility index (Phi) is 7.66. The van der Waals surface area contributed by atoms with Crippen molar-refractivity contribution < 1.29 is 17.9 Å². The Morgan fingerprint density at radius 1 is 1.21 bits per heavy atom. The van der Waals surface area contributed by atoms with Crippen molar-refractivity contribution in [2.75, 3.05) is 39.4 Å². The van der Waals surface area contributed by atoms with E-state index in [1.165, 1.54) is 5.56 Å². The van der Waals surface area contributed by atoms with Gasteiger partial charge in [0.15, 0.2) is 0 Å². The number of hydrogen-bond acceptors (Lipinski definition) is 5. The molecule has 1 fully saturated rings. The molecule has 0 saturated carbocycles. The summed E-state index contributed by atoms with van der Waals surface area (Å²) >= 11 is 0. The first-order valence-electron chi connectivity index (χ1n) is 10.1. The number of aryl methyl sites for hydroxylation is 1. The largest absolute Gasteiger partial charge is 0.494 e. The summed E-state index contributed by atoms with van der Waals surface area (Å²) in [5, 5.41) is 0. The summed E-state index contributed by atoms with van der Waals surface area (Å²) in [7, 11) is -3.52. The maximum absolute atomic E-state index is 12.6. The predicted molar refractivity (Wildman–Crippen MR) is 114 cm³/mol. The molecule has 0 spiro atoms. The van der Waals surface area contributed by atoms with E-state index in [1.54, 1.807) is 18.2 Å². The predicted octanol–water partition coefficient (Wildman–Crippen LogP) is 3.14. The van der Waals surface area contributed by atoms with Gasteiger partial charge >= 0.3 is 0 Å². The van der Waals surface area contributed by atoms with Crippen LogP contribution in [0.5, 0.6) is 5.75 Å². The summed E-state index contributed by atoms with van der Waals surface area (Å²) in [6.07, 6.45) is 0.824. The van der Waals surface area contributed by atoms with E-state index in [1.807, 2.05) is 32.0 Å². The van der Waals surface area contributed by atoms with Crippen LogP contribution in [0.4, 0.5) is 0 Å². The van der Waals surface area contributed by atoms with Gasteiger partial charge in [0.05, 0.1) is 24.2 Å². The molecule has 0 bridgehead atoms. The van der Waals surface area contributed by atoms with Crippen LogP contribution in [0.3, 0.4) is 0 Å². The van der Waals surface area contributed by atoms with E-state index in [0.717, 1.165) is 31.6 Å². The normalized spacial score (nSPS) is 17.9. The molecule has 0 aromatic heterocycles. The van der Waals surface area contributed by atoms with Crippen molar-refractivity contribution in [2.45, 2.75) is 31.3 Å². The van der Waals surface area contributed by atoms with E-state index in [4.69, 9.17) is 9.47 Å². The molecule has 2 aromatic rings. The Balaban J connectivity index is 1.47. The molecule has 1 N–H and O–H groups in total. The second-order valence-electron chi connectivity index (χ2n) is 7.18. The highest BCUT2D eigenvalue weighted by Crippen LogP contribution is 2.23. The number of rotatable bonds is 9. The SMILES string of the molecule is CCOc1ccc(S(=O)(=O)NCCCN2CCO[C@@H](c3ccccc3)C2)cc1C. The fourth-order valence-corrected chi connectivity index (χ4v) is 4.63. The van der Waals surface area contributed by atoms with Gasteiger partial charge in [-0.25, -0.2) is 13.1 Å². The topological polar surface area (TPSA) is 67.9 Å². The lowest BCUT2D eigenvalue weighted by molar-refractivity contribution is -0.0300. The fraction of sp³-hybridized carbons (Fsp3) is 0.455. The zero-order valence-corrected chi connectivity index (χ0v) is 18.0. The number of hydrogen-bond donors (Lipinski definition) is 1. The van der Waals surface area contributed by atoms with Crippen molar-refractivity contribution in [3.05, 3.63) is 59.7 Å². The van der Waals surface area contributed by atoms with Crippen molar-refractivity contribution in [1.82, 2.24) is 9.62 Å². The zero-order chi connectivity index (χ0) is 20.7. The van der Waals surface area contributed by atoms with E-state index < -0.39 is 10.0 Å². The average molecular weight is 419 g/mol. The van der Waals surface area contributed by atoms with Crippen LogP contribution < -0.4 is 9.46 Å². The van der Waals surface area contributed by atoms with Crippen LogP contribution in [0, 0.1) is 6.92 Å². The molecule has 6 nitrogen and oxygen atoms in total. The van der Waals surface area contributed by atoms with E-state index in [0.29, 0.717) is 25.5 Å². The highest BCUT2D eigenvalue weighted by atomic mass is 32.2. The van der Waals surface area contributed by atoms with Crippen molar-refractivity contribution in [2.24, 2.45) is 0 Å². The van der Waals surface area contributed by atoms with Crippen LogP contribution in [0.25, 0.3) is 0 Å². The monoisotopic (exact) mass is 418 g/mol. The second kappa shape index (κ2) is 10.2. The molecule has 1 heterocycles. The molecule has 3 rings (SSSR count).